The van der Waals surface area contributed by atoms with Crippen LogP contribution in [-0.2, 0) is 0 Å². The van der Waals surface area contributed by atoms with Crippen molar-refractivity contribution in [2.75, 3.05) is 18.6 Å². The van der Waals surface area contributed by atoms with Gasteiger partial charge in [0.2, 0.25) is 5.76 Å². The molecule has 6 heteroatoms. The van der Waals surface area contributed by atoms with E-state index in [2.05, 4.69) is 6.92 Å². The second kappa shape index (κ2) is 9.90. The zero-order chi connectivity index (χ0) is 25.2. The number of hydrogen-bond donors (Lipinski definition) is 0. The lowest BCUT2D eigenvalue weighted by Crippen LogP contribution is -2.29. The smallest absolute Gasteiger partial charge is 0.295 e. The summed E-state index contributed by atoms with van der Waals surface area (Å²) >= 11 is 0. The SMILES string of the molecule is CCCCCOc1cccc(C2c3c(oc4ccc(C)cc4c3=O)C(=O)N2c2cccc(OC)c2)c1. The summed E-state index contributed by atoms with van der Waals surface area (Å²) in [7, 11) is 1.58. The van der Waals surface area contributed by atoms with E-state index >= 15 is 0 Å². The Morgan fingerprint density at radius 3 is 2.56 bits per heavy atom. The molecular formula is C30H29NO5. The number of anilines is 1. The Balaban J connectivity index is 1.68. The molecule has 1 aliphatic rings. The van der Waals surface area contributed by atoms with E-state index in [0.717, 1.165) is 30.4 Å². The lowest BCUT2D eigenvalue weighted by atomic mass is 9.97. The first-order valence-corrected chi connectivity index (χ1v) is 12.3. The lowest BCUT2D eigenvalue weighted by Gasteiger charge is -2.26. The number of carbonyl (C=O) groups is 1. The Hall–Kier alpha value is -4.06. The Bertz CT molecular complexity index is 1490. The minimum atomic E-state index is -0.667. The van der Waals surface area contributed by atoms with E-state index in [0.29, 0.717) is 40.3 Å². The van der Waals surface area contributed by atoms with Gasteiger partial charge in [0.05, 0.1) is 30.7 Å². The topological polar surface area (TPSA) is 69.0 Å². The van der Waals surface area contributed by atoms with Crippen LogP contribution in [0.25, 0.3) is 11.0 Å². The second-order valence-electron chi connectivity index (χ2n) is 9.08. The fourth-order valence-corrected chi connectivity index (χ4v) is 4.75. The summed E-state index contributed by atoms with van der Waals surface area (Å²) in [6.45, 7) is 4.69. The maximum atomic E-state index is 13.8. The van der Waals surface area contributed by atoms with Crippen LogP contribution in [0, 0.1) is 6.92 Å². The van der Waals surface area contributed by atoms with Gasteiger partial charge in [0.25, 0.3) is 5.91 Å². The Morgan fingerprint density at radius 2 is 1.75 bits per heavy atom. The van der Waals surface area contributed by atoms with Gasteiger partial charge in [0.1, 0.15) is 17.1 Å². The average molecular weight is 484 g/mol. The number of ether oxygens (including phenoxy) is 2. The van der Waals surface area contributed by atoms with E-state index in [9.17, 15) is 9.59 Å². The summed E-state index contributed by atoms with van der Waals surface area (Å²) in [4.78, 5) is 29.2. The van der Waals surface area contributed by atoms with Crippen molar-refractivity contribution in [2.45, 2.75) is 39.2 Å². The summed E-state index contributed by atoms with van der Waals surface area (Å²) in [5.41, 5.74) is 2.87. The van der Waals surface area contributed by atoms with Crippen molar-refractivity contribution in [3.8, 4) is 11.5 Å². The van der Waals surface area contributed by atoms with Crippen LogP contribution in [0.4, 0.5) is 5.69 Å². The number of nitrogens with zero attached hydrogens (tertiary/aromatic N) is 1. The fourth-order valence-electron chi connectivity index (χ4n) is 4.75. The number of rotatable bonds is 8. The van der Waals surface area contributed by atoms with Crippen molar-refractivity contribution in [2.24, 2.45) is 0 Å². The maximum Gasteiger partial charge on any atom is 0.295 e. The van der Waals surface area contributed by atoms with Crippen LogP contribution < -0.4 is 19.8 Å². The number of methoxy groups -OCH3 is 1. The number of amides is 1. The van der Waals surface area contributed by atoms with Gasteiger partial charge in [-0.2, -0.15) is 0 Å². The highest BCUT2D eigenvalue weighted by atomic mass is 16.5. The summed E-state index contributed by atoms with van der Waals surface area (Å²) in [6, 6.07) is 19.6. The predicted molar refractivity (Wildman–Crippen MR) is 140 cm³/mol. The first kappa shape index (κ1) is 23.7. The van der Waals surface area contributed by atoms with Crippen LogP contribution in [-0.4, -0.2) is 19.6 Å². The van der Waals surface area contributed by atoms with Crippen LogP contribution in [0.15, 0.2) is 75.9 Å². The van der Waals surface area contributed by atoms with Gasteiger partial charge in [-0.15, -0.1) is 0 Å². The van der Waals surface area contributed by atoms with Crippen molar-refractivity contribution >= 4 is 22.6 Å². The molecule has 1 unspecified atom stereocenters. The van der Waals surface area contributed by atoms with Gasteiger partial charge in [-0.3, -0.25) is 14.5 Å². The molecule has 0 bridgehead atoms. The molecule has 1 aromatic heterocycles. The van der Waals surface area contributed by atoms with Crippen LogP contribution in [0.1, 0.15) is 59.5 Å². The van der Waals surface area contributed by atoms with E-state index < -0.39 is 6.04 Å². The van der Waals surface area contributed by atoms with Crippen LogP contribution in [0.3, 0.4) is 0 Å². The summed E-state index contributed by atoms with van der Waals surface area (Å²) < 4.78 is 17.5. The third-order valence-corrected chi connectivity index (χ3v) is 6.55. The molecule has 0 radical (unpaired) electrons. The maximum absolute atomic E-state index is 13.8. The van der Waals surface area contributed by atoms with Crippen LogP contribution >= 0.6 is 0 Å². The van der Waals surface area contributed by atoms with E-state index in [1.165, 1.54) is 0 Å². The van der Waals surface area contributed by atoms with Crippen molar-refractivity contribution in [1.29, 1.82) is 0 Å². The molecule has 0 aliphatic carbocycles. The molecule has 3 aromatic carbocycles. The monoisotopic (exact) mass is 483 g/mol. The van der Waals surface area contributed by atoms with E-state index in [4.69, 9.17) is 13.9 Å². The van der Waals surface area contributed by atoms with Gasteiger partial charge in [0, 0.05) is 11.8 Å². The van der Waals surface area contributed by atoms with Crippen molar-refractivity contribution < 1.29 is 18.7 Å². The number of carbonyl (C=O) groups excluding carboxylic acids is 1. The fraction of sp³-hybridized carbons (Fsp3) is 0.267. The zero-order valence-corrected chi connectivity index (χ0v) is 20.7. The Morgan fingerprint density at radius 1 is 0.944 bits per heavy atom. The number of unbranched alkanes of at least 4 members (excludes halogenated alkanes) is 2. The highest BCUT2D eigenvalue weighted by molar-refractivity contribution is 6.10. The molecule has 6 nitrogen and oxygen atoms in total. The second-order valence-corrected chi connectivity index (χ2v) is 9.08. The predicted octanol–water partition coefficient (Wildman–Crippen LogP) is 6.43. The average Bonchev–Trinajstić information content (AvgIpc) is 3.19. The summed E-state index contributed by atoms with van der Waals surface area (Å²) in [6.07, 6.45) is 3.18. The molecule has 0 N–H and O–H groups in total. The Labute approximate surface area is 210 Å². The molecule has 184 valence electrons. The normalized spacial score (nSPS) is 14.8. The lowest BCUT2D eigenvalue weighted by molar-refractivity contribution is 0.0971. The van der Waals surface area contributed by atoms with Gasteiger partial charge in [-0.05, 0) is 55.3 Å². The van der Waals surface area contributed by atoms with Crippen molar-refractivity contribution in [3.05, 3.63) is 99.4 Å². The summed E-state index contributed by atoms with van der Waals surface area (Å²) in [5.74, 6) is 1.02. The molecule has 0 spiro atoms. The highest BCUT2D eigenvalue weighted by Crippen LogP contribution is 2.42. The highest BCUT2D eigenvalue weighted by Gasteiger charge is 2.43. The molecule has 5 rings (SSSR count). The van der Waals surface area contributed by atoms with Crippen molar-refractivity contribution in [3.63, 3.8) is 0 Å². The minimum Gasteiger partial charge on any atom is -0.497 e. The standard InChI is InChI=1S/C30H29NO5/c1-4-5-6-15-35-23-12-7-9-20(17-23)27-26-28(32)24-16-19(2)13-14-25(24)36-29(26)30(33)31(27)21-10-8-11-22(18-21)34-3/h7-14,16-18,27H,4-6,15H2,1-3H3. The number of hydrogen-bond acceptors (Lipinski definition) is 5. The van der Waals surface area contributed by atoms with E-state index in [-0.39, 0.29) is 17.1 Å². The molecule has 1 amide bonds. The number of aryl methyl sites for hydroxylation is 1. The number of fused-ring (bicyclic) bond motifs is 2. The van der Waals surface area contributed by atoms with Crippen molar-refractivity contribution in [1.82, 2.24) is 0 Å². The van der Waals surface area contributed by atoms with E-state index in [1.54, 1.807) is 24.1 Å². The molecule has 0 saturated heterocycles. The van der Waals surface area contributed by atoms with Gasteiger partial charge in [-0.1, -0.05) is 49.6 Å². The quantitative estimate of drug-likeness (QED) is 0.270. The van der Waals surface area contributed by atoms with E-state index in [1.807, 2.05) is 61.5 Å². The summed E-state index contributed by atoms with van der Waals surface area (Å²) in [5, 5.41) is 0.464. The van der Waals surface area contributed by atoms with Gasteiger partial charge in [0.15, 0.2) is 5.43 Å². The van der Waals surface area contributed by atoms with Gasteiger partial charge in [-0.25, -0.2) is 0 Å². The molecule has 1 atom stereocenters. The minimum absolute atomic E-state index is 0.0680. The first-order valence-electron chi connectivity index (χ1n) is 12.3. The third kappa shape index (κ3) is 4.24. The van der Waals surface area contributed by atoms with Crippen LogP contribution in [0.2, 0.25) is 0 Å². The molecular weight excluding hydrogens is 454 g/mol. The number of benzene rings is 3. The third-order valence-electron chi connectivity index (χ3n) is 6.55. The Kier molecular flexibility index (Phi) is 6.51. The molecule has 2 heterocycles. The largest absolute Gasteiger partial charge is 0.497 e. The first-order chi connectivity index (χ1) is 17.5. The van der Waals surface area contributed by atoms with Gasteiger partial charge < -0.3 is 13.9 Å². The van der Waals surface area contributed by atoms with Crippen LogP contribution in [0.5, 0.6) is 11.5 Å². The molecule has 4 aromatic rings. The molecule has 0 saturated carbocycles. The molecule has 36 heavy (non-hydrogen) atoms. The molecule has 1 aliphatic heterocycles. The zero-order valence-electron chi connectivity index (χ0n) is 20.7. The molecule has 0 fully saturated rings. The van der Waals surface area contributed by atoms with Gasteiger partial charge >= 0.3 is 0 Å².